The molecule has 0 unspecified atom stereocenters. The van der Waals surface area contributed by atoms with Crippen molar-refractivity contribution in [3.05, 3.63) is 56.7 Å². The molecule has 0 spiro atoms. The number of aromatic nitrogens is 1. The van der Waals surface area contributed by atoms with E-state index in [0.29, 0.717) is 20.2 Å². The van der Waals surface area contributed by atoms with Crippen LogP contribution in [-0.2, 0) is 9.53 Å². The second-order valence-corrected chi connectivity index (χ2v) is 5.90. The minimum absolute atomic E-state index is 0.242. The third-order valence-corrected chi connectivity index (χ3v) is 3.46. The molecule has 0 saturated heterocycles. The highest BCUT2D eigenvalue weighted by atomic mass is 79.9. The van der Waals surface area contributed by atoms with Gasteiger partial charge >= 0.3 is 5.97 Å². The zero-order valence-electron chi connectivity index (χ0n) is 11.0. The molecule has 2 rings (SSSR count). The normalized spacial score (nSPS) is 10.1. The highest BCUT2D eigenvalue weighted by Crippen LogP contribution is 2.25. The lowest BCUT2D eigenvalue weighted by Crippen LogP contribution is -2.21. The Morgan fingerprint density at radius 3 is 2.68 bits per heavy atom. The number of ether oxygens (including phenoxy) is 1. The number of esters is 1. The first-order valence-corrected chi connectivity index (χ1v) is 7.53. The van der Waals surface area contributed by atoms with Crippen LogP contribution < -0.4 is 5.32 Å². The molecule has 0 bridgehead atoms. The maximum atomic E-state index is 11.8. The highest BCUT2D eigenvalue weighted by molar-refractivity contribution is 9.10. The van der Waals surface area contributed by atoms with Gasteiger partial charge in [-0.2, -0.15) is 0 Å². The summed E-state index contributed by atoms with van der Waals surface area (Å²) in [7, 11) is 0. The number of amides is 1. The van der Waals surface area contributed by atoms with Crippen LogP contribution in [0, 0.1) is 0 Å². The van der Waals surface area contributed by atoms with Crippen molar-refractivity contribution >= 4 is 56.7 Å². The van der Waals surface area contributed by atoms with E-state index in [0.717, 1.165) is 0 Å². The predicted molar refractivity (Wildman–Crippen MR) is 87.3 cm³/mol. The Balaban J connectivity index is 1.91. The van der Waals surface area contributed by atoms with Crippen molar-refractivity contribution < 1.29 is 14.3 Å². The third kappa shape index (κ3) is 4.69. The largest absolute Gasteiger partial charge is 0.452 e. The molecule has 5 nitrogen and oxygen atoms in total. The van der Waals surface area contributed by atoms with Gasteiger partial charge in [0.2, 0.25) is 0 Å². The summed E-state index contributed by atoms with van der Waals surface area (Å²) in [6.07, 6.45) is 2.88. The Labute approximate surface area is 144 Å². The first-order chi connectivity index (χ1) is 10.5. The Hall–Kier alpha value is -1.63. The zero-order valence-corrected chi connectivity index (χ0v) is 14.1. The van der Waals surface area contributed by atoms with Crippen LogP contribution in [0.2, 0.25) is 10.0 Å². The number of nitrogens with zero attached hydrogens (tertiary/aromatic N) is 1. The first kappa shape index (κ1) is 16.7. The topological polar surface area (TPSA) is 68.3 Å². The second kappa shape index (κ2) is 7.58. The van der Waals surface area contributed by atoms with Gasteiger partial charge in [-0.25, -0.2) is 4.79 Å². The molecule has 1 amide bonds. The van der Waals surface area contributed by atoms with Crippen molar-refractivity contribution in [2.75, 3.05) is 11.9 Å². The smallest absolute Gasteiger partial charge is 0.340 e. The van der Waals surface area contributed by atoms with E-state index in [9.17, 15) is 9.59 Å². The Bertz CT molecular complexity index is 725. The van der Waals surface area contributed by atoms with Gasteiger partial charge in [-0.3, -0.25) is 9.78 Å². The summed E-state index contributed by atoms with van der Waals surface area (Å²) >= 11 is 14.9. The van der Waals surface area contributed by atoms with Gasteiger partial charge in [0.15, 0.2) is 6.61 Å². The first-order valence-electron chi connectivity index (χ1n) is 5.98. The van der Waals surface area contributed by atoms with Crippen LogP contribution in [0.15, 0.2) is 41.1 Å². The highest BCUT2D eigenvalue weighted by Gasteiger charge is 2.12. The van der Waals surface area contributed by atoms with Gasteiger partial charge in [0.25, 0.3) is 5.91 Å². The van der Waals surface area contributed by atoms with E-state index in [2.05, 4.69) is 26.2 Å². The van der Waals surface area contributed by atoms with Crippen LogP contribution in [0.1, 0.15) is 10.4 Å². The molecule has 114 valence electrons. The molecule has 0 aliphatic carbocycles. The molecule has 22 heavy (non-hydrogen) atoms. The Morgan fingerprint density at radius 2 is 2.00 bits per heavy atom. The minimum Gasteiger partial charge on any atom is -0.452 e. The van der Waals surface area contributed by atoms with Crippen molar-refractivity contribution in [2.24, 2.45) is 0 Å². The fourth-order valence-electron chi connectivity index (χ4n) is 1.52. The van der Waals surface area contributed by atoms with Crippen molar-refractivity contribution in [1.29, 1.82) is 0 Å². The molecule has 0 radical (unpaired) electrons. The van der Waals surface area contributed by atoms with E-state index < -0.39 is 18.5 Å². The lowest BCUT2D eigenvalue weighted by molar-refractivity contribution is -0.119. The van der Waals surface area contributed by atoms with Gasteiger partial charge in [-0.05, 0) is 40.2 Å². The number of hydrogen-bond donors (Lipinski definition) is 1. The molecule has 2 aromatic rings. The van der Waals surface area contributed by atoms with Gasteiger partial charge in [-0.15, -0.1) is 0 Å². The summed E-state index contributed by atoms with van der Waals surface area (Å²) in [5.41, 5.74) is 0.628. The van der Waals surface area contributed by atoms with Gasteiger partial charge in [0, 0.05) is 21.9 Å². The number of hydrogen-bond acceptors (Lipinski definition) is 4. The van der Waals surface area contributed by atoms with E-state index in [1.165, 1.54) is 18.5 Å². The molecule has 0 aliphatic rings. The average Bonchev–Trinajstić information content (AvgIpc) is 2.47. The van der Waals surface area contributed by atoms with Gasteiger partial charge in [0.1, 0.15) is 0 Å². The van der Waals surface area contributed by atoms with E-state index in [4.69, 9.17) is 27.9 Å². The summed E-state index contributed by atoms with van der Waals surface area (Å²) < 4.78 is 5.54. The zero-order chi connectivity index (χ0) is 16.1. The summed E-state index contributed by atoms with van der Waals surface area (Å²) in [5.74, 6) is -1.16. The third-order valence-electron chi connectivity index (χ3n) is 2.48. The molecular formula is C14H9BrCl2N2O3. The van der Waals surface area contributed by atoms with Crippen LogP contribution >= 0.6 is 39.1 Å². The maximum absolute atomic E-state index is 11.8. The second-order valence-electron chi connectivity index (χ2n) is 4.14. The van der Waals surface area contributed by atoms with Crippen molar-refractivity contribution in [3.63, 3.8) is 0 Å². The van der Waals surface area contributed by atoms with Crippen molar-refractivity contribution in [1.82, 2.24) is 4.98 Å². The Morgan fingerprint density at radius 1 is 1.23 bits per heavy atom. The molecule has 0 atom stereocenters. The predicted octanol–water partition coefficient (Wildman–Crippen LogP) is 3.95. The van der Waals surface area contributed by atoms with Crippen LogP contribution in [0.5, 0.6) is 0 Å². The van der Waals surface area contributed by atoms with E-state index >= 15 is 0 Å². The molecule has 1 aromatic carbocycles. The molecule has 0 fully saturated rings. The molecule has 8 heteroatoms. The molecule has 0 saturated carbocycles. The van der Waals surface area contributed by atoms with Crippen LogP contribution in [0.25, 0.3) is 0 Å². The van der Waals surface area contributed by atoms with Gasteiger partial charge in [0.05, 0.1) is 16.3 Å². The maximum Gasteiger partial charge on any atom is 0.340 e. The van der Waals surface area contributed by atoms with Crippen LogP contribution in [0.3, 0.4) is 0 Å². The summed E-state index contributed by atoms with van der Waals surface area (Å²) in [4.78, 5) is 27.3. The van der Waals surface area contributed by atoms with Gasteiger partial charge < -0.3 is 10.1 Å². The fraction of sp³-hybridized carbons (Fsp3) is 0.0714. The van der Waals surface area contributed by atoms with E-state index in [1.54, 1.807) is 18.2 Å². The summed E-state index contributed by atoms with van der Waals surface area (Å²) in [5, 5.41) is 3.27. The molecule has 1 N–H and O–H groups in total. The number of halogens is 3. The Kier molecular flexibility index (Phi) is 5.76. The average molecular weight is 404 g/mol. The standard InChI is InChI=1S/C14H9BrCl2N2O3/c15-9-3-8(5-18-6-9)14(21)22-7-13(20)19-12-2-1-10(16)4-11(12)17/h1-6H,7H2,(H,19,20). The number of nitrogens with one attached hydrogen (secondary N) is 1. The number of rotatable bonds is 4. The summed E-state index contributed by atoms with van der Waals surface area (Å²) in [6, 6.07) is 6.19. The molecular weight excluding hydrogens is 395 g/mol. The number of carbonyl (C=O) groups is 2. The number of anilines is 1. The monoisotopic (exact) mass is 402 g/mol. The van der Waals surface area contributed by atoms with Gasteiger partial charge in [-0.1, -0.05) is 23.2 Å². The lowest BCUT2D eigenvalue weighted by Gasteiger charge is -2.08. The minimum atomic E-state index is -0.647. The quantitative estimate of drug-likeness (QED) is 0.785. The van der Waals surface area contributed by atoms with E-state index in [-0.39, 0.29) is 5.56 Å². The van der Waals surface area contributed by atoms with E-state index in [1.807, 2.05) is 0 Å². The molecule has 0 aliphatic heterocycles. The van der Waals surface area contributed by atoms with Crippen LogP contribution in [0.4, 0.5) is 5.69 Å². The lowest BCUT2D eigenvalue weighted by atomic mass is 10.3. The SMILES string of the molecule is O=C(COC(=O)c1cncc(Br)c1)Nc1ccc(Cl)cc1Cl. The number of benzene rings is 1. The molecule has 1 heterocycles. The van der Waals surface area contributed by atoms with Crippen molar-refractivity contribution in [3.8, 4) is 0 Å². The van der Waals surface area contributed by atoms with Crippen LogP contribution in [-0.4, -0.2) is 23.5 Å². The number of carbonyl (C=O) groups excluding carboxylic acids is 2. The summed E-state index contributed by atoms with van der Waals surface area (Å²) in [6.45, 7) is -0.440. The number of pyridine rings is 1. The molecule has 1 aromatic heterocycles. The fourth-order valence-corrected chi connectivity index (χ4v) is 2.34. The van der Waals surface area contributed by atoms with Crippen molar-refractivity contribution in [2.45, 2.75) is 0 Å².